The van der Waals surface area contributed by atoms with Gasteiger partial charge in [0.15, 0.2) is 0 Å². The van der Waals surface area contributed by atoms with Gasteiger partial charge in [0, 0.05) is 13.7 Å². The van der Waals surface area contributed by atoms with E-state index in [2.05, 4.69) is 13.8 Å². The van der Waals surface area contributed by atoms with Gasteiger partial charge >= 0.3 is 0 Å². The molecule has 0 rings (SSSR count). The summed E-state index contributed by atoms with van der Waals surface area (Å²) >= 11 is 0. The molecule has 0 bridgehead atoms. The molecule has 0 aromatic heterocycles. The maximum atomic E-state index is 5.19. The van der Waals surface area contributed by atoms with E-state index in [0.717, 1.165) is 18.9 Å². The van der Waals surface area contributed by atoms with Gasteiger partial charge in [-0.2, -0.15) is 0 Å². The molecule has 0 aromatic rings. The molecule has 12 heavy (non-hydrogen) atoms. The Kier molecular flexibility index (Phi) is 8.95. The van der Waals surface area contributed by atoms with E-state index in [-0.39, 0.29) is 0 Å². The van der Waals surface area contributed by atoms with Crippen molar-refractivity contribution in [2.24, 2.45) is 5.92 Å². The van der Waals surface area contributed by atoms with Crippen molar-refractivity contribution in [2.75, 3.05) is 20.5 Å². The Morgan fingerprint density at radius 1 is 1.25 bits per heavy atom. The zero-order chi connectivity index (χ0) is 9.23. The van der Waals surface area contributed by atoms with Crippen molar-refractivity contribution in [3.05, 3.63) is 0 Å². The van der Waals surface area contributed by atoms with Crippen LogP contribution in [0.2, 0.25) is 0 Å². The van der Waals surface area contributed by atoms with Crippen molar-refractivity contribution in [2.45, 2.75) is 39.5 Å². The van der Waals surface area contributed by atoms with Crippen LogP contribution in [0.1, 0.15) is 39.5 Å². The minimum atomic E-state index is 0.433. The predicted octanol–water partition coefficient (Wildman–Crippen LogP) is 2.82. The molecule has 0 heterocycles. The fraction of sp³-hybridized carbons (Fsp3) is 1.00. The monoisotopic (exact) mass is 174 g/mol. The van der Waals surface area contributed by atoms with Crippen molar-refractivity contribution < 1.29 is 9.47 Å². The Labute approximate surface area is 76.3 Å². The summed E-state index contributed by atoms with van der Waals surface area (Å²) in [6, 6.07) is 0. The Morgan fingerprint density at radius 3 is 2.58 bits per heavy atom. The molecule has 1 atom stereocenters. The van der Waals surface area contributed by atoms with Crippen molar-refractivity contribution in [1.29, 1.82) is 0 Å². The zero-order valence-corrected chi connectivity index (χ0v) is 8.64. The zero-order valence-electron chi connectivity index (χ0n) is 8.64. The van der Waals surface area contributed by atoms with Crippen molar-refractivity contribution in [1.82, 2.24) is 0 Å². The SMILES string of the molecule is CCCC(C)CCCOCOC. The molecule has 0 saturated carbocycles. The second kappa shape index (κ2) is 9.01. The normalized spacial score (nSPS) is 13.2. The van der Waals surface area contributed by atoms with Crippen molar-refractivity contribution in [3.63, 3.8) is 0 Å². The fourth-order valence-corrected chi connectivity index (χ4v) is 1.31. The lowest BCUT2D eigenvalue weighted by Crippen LogP contribution is -2.01. The lowest BCUT2D eigenvalue weighted by molar-refractivity contribution is -0.0322. The third kappa shape index (κ3) is 8.02. The molecule has 0 aromatic carbocycles. The smallest absolute Gasteiger partial charge is 0.146 e. The quantitative estimate of drug-likeness (QED) is 0.416. The molecular weight excluding hydrogens is 152 g/mol. The van der Waals surface area contributed by atoms with E-state index in [1.807, 2.05) is 0 Å². The number of ether oxygens (including phenoxy) is 2. The van der Waals surface area contributed by atoms with Gasteiger partial charge in [-0.15, -0.1) is 0 Å². The van der Waals surface area contributed by atoms with Gasteiger partial charge in [0.05, 0.1) is 0 Å². The van der Waals surface area contributed by atoms with Crippen LogP contribution in [-0.2, 0) is 9.47 Å². The van der Waals surface area contributed by atoms with Crippen molar-refractivity contribution >= 4 is 0 Å². The minimum absolute atomic E-state index is 0.433. The van der Waals surface area contributed by atoms with Crippen LogP contribution in [-0.4, -0.2) is 20.5 Å². The molecular formula is C10H22O2. The highest BCUT2D eigenvalue weighted by molar-refractivity contribution is 4.51. The van der Waals surface area contributed by atoms with E-state index in [1.54, 1.807) is 7.11 Å². The molecule has 0 spiro atoms. The Hall–Kier alpha value is -0.0800. The number of hydrogen-bond donors (Lipinski definition) is 0. The summed E-state index contributed by atoms with van der Waals surface area (Å²) in [5.74, 6) is 0.848. The molecule has 0 aliphatic rings. The van der Waals surface area contributed by atoms with Crippen LogP contribution in [0.5, 0.6) is 0 Å². The minimum Gasteiger partial charge on any atom is -0.359 e. The summed E-state index contributed by atoms with van der Waals surface area (Å²) in [7, 11) is 1.65. The van der Waals surface area contributed by atoms with Gasteiger partial charge in [-0.1, -0.05) is 26.7 Å². The lowest BCUT2D eigenvalue weighted by Gasteiger charge is -2.09. The number of methoxy groups -OCH3 is 1. The summed E-state index contributed by atoms with van der Waals surface area (Å²) in [6.07, 6.45) is 5.06. The largest absolute Gasteiger partial charge is 0.359 e. The average Bonchev–Trinajstić information content (AvgIpc) is 2.05. The van der Waals surface area contributed by atoms with Gasteiger partial charge < -0.3 is 9.47 Å². The van der Waals surface area contributed by atoms with Crippen LogP contribution in [0.4, 0.5) is 0 Å². The molecule has 0 aliphatic heterocycles. The summed E-state index contributed by atoms with van der Waals surface area (Å²) in [6.45, 7) is 5.81. The van der Waals surface area contributed by atoms with E-state index in [1.165, 1.54) is 19.3 Å². The summed E-state index contributed by atoms with van der Waals surface area (Å²) in [4.78, 5) is 0. The third-order valence-electron chi connectivity index (χ3n) is 1.97. The highest BCUT2D eigenvalue weighted by atomic mass is 16.7. The van der Waals surface area contributed by atoms with Crippen LogP contribution in [0.3, 0.4) is 0 Å². The van der Waals surface area contributed by atoms with Gasteiger partial charge in [0.1, 0.15) is 6.79 Å². The lowest BCUT2D eigenvalue weighted by atomic mass is 10.0. The Morgan fingerprint density at radius 2 is 2.00 bits per heavy atom. The van der Waals surface area contributed by atoms with Gasteiger partial charge in [-0.3, -0.25) is 0 Å². The molecule has 1 unspecified atom stereocenters. The number of hydrogen-bond acceptors (Lipinski definition) is 2. The number of rotatable bonds is 8. The summed E-state index contributed by atoms with van der Waals surface area (Å²) in [5, 5.41) is 0. The molecule has 0 aliphatic carbocycles. The van der Waals surface area contributed by atoms with Crippen LogP contribution in [0, 0.1) is 5.92 Å². The highest BCUT2D eigenvalue weighted by Gasteiger charge is 1.99. The fourth-order valence-electron chi connectivity index (χ4n) is 1.31. The second-order valence-corrected chi connectivity index (χ2v) is 3.35. The first-order valence-corrected chi connectivity index (χ1v) is 4.88. The van der Waals surface area contributed by atoms with Gasteiger partial charge in [0.25, 0.3) is 0 Å². The van der Waals surface area contributed by atoms with Crippen LogP contribution < -0.4 is 0 Å². The van der Waals surface area contributed by atoms with Crippen LogP contribution in [0.25, 0.3) is 0 Å². The van der Waals surface area contributed by atoms with E-state index in [9.17, 15) is 0 Å². The molecule has 0 N–H and O–H groups in total. The molecule has 0 saturated heterocycles. The van der Waals surface area contributed by atoms with Gasteiger partial charge in [0.2, 0.25) is 0 Å². The molecule has 0 fully saturated rings. The Balaban J connectivity index is 2.97. The molecule has 0 radical (unpaired) electrons. The van der Waals surface area contributed by atoms with E-state index in [4.69, 9.17) is 9.47 Å². The molecule has 2 nitrogen and oxygen atoms in total. The predicted molar refractivity (Wildman–Crippen MR) is 51.1 cm³/mol. The topological polar surface area (TPSA) is 18.5 Å². The molecule has 2 heteroatoms. The Bertz CT molecular complexity index is 83.9. The first-order valence-electron chi connectivity index (χ1n) is 4.88. The maximum absolute atomic E-state index is 5.19. The van der Waals surface area contributed by atoms with Crippen LogP contribution >= 0.6 is 0 Å². The summed E-state index contributed by atoms with van der Waals surface area (Å²) in [5.41, 5.74) is 0. The summed E-state index contributed by atoms with van der Waals surface area (Å²) < 4.78 is 9.96. The average molecular weight is 174 g/mol. The van der Waals surface area contributed by atoms with Crippen molar-refractivity contribution in [3.8, 4) is 0 Å². The van der Waals surface area contributed by atoms with Gasteiger partial charge in [-0.25, -0.2) is 0 Å². The van der Waals surface area contributed by atoms with Crippen LogP contribution in [0.15, 0.2) is 0 Å². The third-order valence-corrected chi connectivity index (χ3v) is 1.97. The van der Waals surface area contributed by atoms with E-state index < -0.39 is 0 Å². The highest BCUT2D eigenvalue weighted by Crippen LogP contribution is 2.11. The first-order chi connectivity index (χ1) is 5.81. The van der Waals surface area contributed by atoms with E-state index in [0.29, 0.717) is 6.79 Å². The second-order valence-electron chi connectivity index (χ2n) is 3.35. The standard InChI is InChI=1S/C10H22O2/c1-4-6-10(2)7-5-8-12-9-11-3/h10H,4-9H2,1-3H3. The molecule has 74 valence electrons. The first kappa shape index (κ1) is 11.9. The van der Waals surface area contributed by atoms with Gasteiger partial charge in [-0.05, 0) is 18.8 Å². The molecule has 0 amide bonds. The van der Waals surface area contributed by atoms with E-state index >= 15 is 0 Å². The maximum Gasteiger partial charge on any atom is 0.146 e.